The van der Waals surface area contributed by atoms with Crippen molar-refractivity contribution in [2.75, 3.05) is 39.8 Å². The number of likely N-dealkylation sites (N-methyl/N-ethyl adjacent to an activating group) is 2. The number of carboxylic acid groups (broad SMARTS) is 1. The maximum Gasteiger partial charge on any atom is 0.317 e. The third-order valence-electron chi connectivity index (χ3n) is 4.94. The van der Waals surface area contributed by atoms with Crippen molar-refractivity contribution in [1.82, 2.24) is 14.7 Å². The van der Waals surface area contributed by atoms with Gasteiger partial charge < -0.3 is 10.0 Å². The van der Waals surface area contributed by atoms with Crippen molar-refractivity contribution in [3.8, 4) is 0 Å². The Morgan fingerprint density at radius 3 is 2.33 bits per heavy atom. The number of nitrogens with zero attached hydrogens (tertiary/aromatic N) is 3. The van der Waals surface area contributed by atoms with Crippen LogP contribution in [0, 0.1) is 5.82 Å². The summed E-state index contributed by atoms with van der Waals surface area (Å²) in [4.78, 5) is 29.1. The second kappa shape index (κ2) is 11.2. The number of likely N-dealkylation sites (tertiary alicyclic amines) is 1. The van der Waals surface area contributed by atoms with E-state index in [4.69, 9.17) is 5.11 Å². The molecule has 0 saturated carbocycles. The van der Waals surface area contributed by atoms with Crippen molar-refractivity contribution < 1.29 is 19.1 Å². The van der Waals surface area contributed by atoms with Gasteiger partial charge in [0.25, 0.3) is 0 Å². The average molecular weight is 402 g/mol. The summed E-state index contributed by atoms with van der Waals surface area (Å²) >= 11 is 0. The summed E-state index contributed by atoms with van der Waals surface area (Å²) in [6.07, 6.45) is 1.74. The van der Waals surface area contributed by atoms with Crippen LogP contribution in [0.4, 0.5) is 4.39 Å². The number of benzene rings is 1. The Labute approximate surface area is 166 Å². The van der Waals surface area contributed by atoms with Crippen LogP contribution in [0.15, 0.2) is 24.3 Å². The topological polar surface area (TPSA) is 64.1 Å². The molecule has 6 nitrogen and oxygen atoms in total. The fourth-order valence-corrected chi connectivity index (χ4v) is 3.38. The second-order valence-corrected chi connectivity index (χ2v) is 6.84. The number of aliphatic carboxylic acids is 1. The van der Waals surface area contributed by atoms with Crippen molar-refractivity contribution in [1.29, 1.82) is 0 Å². The van der Waals surface area contributed by atoms with Crippen molar-refractivity contribution in [3.05, 3.63) is 35.6 Å². The zero-order valence-electron chi connectivity index (χ0n) is 15.9. The molecule has 1 N–H and O–H groups in total. The van der Waals surface area contributed by atoms with Gasteiger partial charge in [0.15, 0.2) is 0 Å². The molecule has 152 valence electrons. The summed E-state index contributed by atoms with van der Waals surface area (Å²) in [5, 5.41) is 8.99. The molecule has 27 heavy (non-hydrogen) atoms. The lowest BCUT2D eigenvalue weighted by Crippen LogP contribution is -2.48. The van der Waals surface area contributed by atoms with E-state index in [0.29, 0.717) is 13.1 Å². The fourth-order valence-electron chi connectivity index (χ4n) is 3.38. The maximum atomic E-state index is 13.0. The maximum absolute atomic E-state index is 13.0. The molecule has 0 bridgehead atoms. The molecule has 8 heteroatoms. The zero-order chi connectivity index (χ0) is 19.1. The summed E-state index contributed by atoms with van der Waals surface area (Å²) in [6.45, 7) is 5.15. The quantitative estimate of drug-likeness (QED) is 0.722. The number of hydrogen-bond acceptors (Lipinski definition) is 4. The highest BCUT2D eigenvalue weighted by atomic mass is 35.5. The van der Waals surface area contributed by atoms with E-state index < -0.39 is 5.97 Å². The zero-order valence-corrected chi connectivity index (χ0v) is 16.8. The van der Waals surface area contributed by atoms with Gasteiger partial charge in [-0.2, -0.15) is 0 Å². The lowest BCUT2D eigenvalue weighted by atomic mass is 10.0. The van der Waals surface area contributed by atoms with Crippen LogP contribution in [-0.2, 0) is 16.1 Å². The number of rotatable bonds is 8. The normalized spacial score (nSPS) is 15.4. The van der Waals surface area contributed by atoms with Crippen LogP contribution >= 0.6 is 12.4 Å². The highest BCUT2D eigenvalue weighted by molar-refractivity contribution is 5.85. The smallest absolute Gasteiger partial charge is 0.317 e. The van der Waals surface area contributed by atoms with E-state index in [-0.39, 0.29) is 36.7 Å². The molecule has 1 aliphatic heterocycles. The lowest BCUT2D eigenvalue weighted by molar-refractivity contribution is -0.139. The highest BCUT2D eigenvalue weighted by Crippen LogP contribution is 2.16. The summed E-state index contributed by atoms with van der Waals surface area (Å²) in [5.74, 6) is -1.05. The number of halogens is 2. The van der Waals surface area contributed by atoms with Crippen molar-refractivity contribution in [2.24, 2.45) is 0 Å². The van der Waals surface area contributed by atoms with E-state index in [0.717, 1.165) is 38.0 Å². The van der Waals surface area contributed by atoms with Gasteiger partial charge in [-0.25, -0.2) is 4.39 Å². The van der Waals surface area contributed by atoms with E-state index in [2.05, 4.69) is 4.90 Å². The third-order valence-corrected chi connectivity index (χ3v) is 4.94. The van der Waals surface area contributed by atoms with Gasteiger partial charge in [-0.15, -0.1) is 12.4 Å². The van der Waals surface area contributed by atoms with Crippen LogP contribution < -0.4 is 0 Å². The van der Waals surface area contributed by atoms with Crippen molar-refractivity contribution in [2.45, 2.75) is 32.4 Å². The standard InChI is InChI=1S/C19H28FN3O3.ClH/c1-3-23(14-19(25)26)17-8-10-22(11-9-17)13-18(24)21(2)12-15-4-6-16(20)7-5-15;/h4-7,17H,3,8-14H2,1-2H3,(H,25,26);1H. The van der Waals surface area contributed by atoms with Crippen LogP contribution in [-0.4, -0.2) is 77.5 Å². The minimum Gasteiger partial charge on any atom is -0.480 e. The monoisotopic (exact) mass is 401 g/mol. The SMILES string of the molecule is CCN(CC(=O)O)C1CCN(CC(=O)N(C)Cc2ccc(F)cc2)CC1.Cl. The van der Waals surface area contributed by atoms with Crippen LogP contribution in [0.25, 0.3) is 0 Å². The molecule has 1 heterocycles. The molecule has 0 unspecified atom stereocenters. The second-order valence-electron chi connectivity index (χ2n) is 6.84. The summed E-state index contributed by atoms with van der Waals surface area (Å²) < 4.78 is 13.0. The summed E-state index contributed by atoms with van der Waals surface area (Å²) in [5.41, 5.74) is 0.896. The van der Waals surface area contributed by atoms with E-state index in [9.17, 15) is 14.0 Å². The first kappa shape index (κ1) is 23.3. The molecule has 0 aromatic heterocycles. The van der Waals surface area contributed by atoms with Gasteiger partial charge in [-0.3, -0.25) is 19.4 Å². The molecule has 0 spiro atoms. The lowest BCUT2D eigenvalue weighted by Gasteiger charge is -2.37. The molecule has 1 amide bonds. The Morgan fingerprint density at radius 1 is 1.22 bits per heavy atom. The molecule has 1 saturated heterocycles. The Balaban J connectivity index is 0.00000364. The molecule has 0 aliphatic carbocycles. The first-order chi connectivity index (χ1) is 12.4. The molecule has 2 rings (SSSR count). The van der Waals surface area contributed by atoms with E-state index >= 15 is 0 Å². The minimum absolute atomic E-state index is 0. The van der Waals surface area contributed by atoms with Gasteiger partial charge in [0.05, 0.1) is 13.1 Å². The third kappa shape index (κ3) is 7.44. The first-order valence-electron chi connectivity index (χ1n) is 9.05. The molecule has 1 aromatic carbocycles. The van der Waals surface area contributed by atoms with Gasteiger partial charge in [0, 0.05) is 32.7 Å². The van der Waals surface area contributed by atoms with Crippen LogP contribution in [0.3, 0.4) is 0 Å². The Morgan fingerprint density at radius 2 is 1.81 bits per heavy atom. The van der Waals surface area contributed by atoms with E-state index in [1.807, 2.05) is 11.8 Å². The first-order valence-corrected chi connectivity index (χ1v) is 9.05. The Kier molecular flexibility index (Phi) is 9.69. The molecule has 1 aromatic rings. The Bertz CT molecular complexity index is 607. The number of carbonyl (C=O) groups excluding carboxylic acids is 1. The predicted molar refractivity (Wildman–Crippen MR) is 104 cm³/mol. The number of piperidine rings is 1. The number of carbonyl (C=O) groups is 2. The summed E-state index contributed by atoms with van der Waals surface area (Å²) in [7, 11) is 1.75. The molecular formula is C19H29ClFN3O3. The van der Waals surface area contributed by atoms with Crippen molar-refractivity contribution >= 4 is 24.3 Å². The van der Waals surface area contributed by atoms with E-state index in [1.165, 1.54) is 12.1 Å². The molecule has 0 radical (unpaired) electrons. The summed E-state index contributed by atoms with van der Waals surface area (Å²) in [6, 6.07) is 6.43. The Hall–Kier alpha value is -1.70. The number of hydrogen-bond donors (Lipinski definition) is 1. The molecule has 0 atom stereocenters. The number of amides is 1. The van der Waals surface area contributed by atoms with Gasteiger partial charge in [0.2, 0.25) is 5.91 Å². The predicted octanol–water partition coefficient (Wildman–Crippen LogP) is 2.08. The molecule has 1 fully saturated rings. The molecule has 1 aliphatic rings. The van der Waals surface area contributed by atoms with E-state index in [1.54, 1.807) is 24.1 Å². The number of carboxylic acids is 1. The van der Waals surface area contributed by atoms with Crippen LogP contribution in [0.2, 0.25) is 0 Å². The van der Waals surface area contributed by atoms with Gasteiger partial charge in [-0.1, -0.05) is 19.1 Å². The van der Waals surface area contributed by atoms with Gasteiger partial charge in [0.1, 0.15) is 5.82 Å². The van der Waals surface area contributed by atoms with Gasteiger partial charge >= 0.3 is 5.97 Å². The van der Waals surface area contributed by atoms with Crippen LogP contribution in [0.5, 0.6) is 0 Å². The highest BCUT2D eigenvalue weighted by Gasteiger charge is 2.26. The largest absolute Gasteiger partial charge is 0.480 e. The minimum atomic E-state index is -0.799. The average Bonchev–Trinajstić information content (AvgIpc) is 2.62. The van der Waals surface area contributed by atoms with Crippen molar-refractivity contribution in [3.63, 3.8) is 0 Å². The molecular weight excluding hydrogens is 373 g/mol. The fraction of sp³-hybridized carbons (Fsp3) is 0.579. The van der Waals surface area contributed by atoms with Crippen LogP contribution in [0.1, 0.15) is 25.3 Å². The van der Waals surface area contributed by atoms with Gasteiger partial charge in [-0.05, 0) is 37.1 Å².